The molecule has 0 spiro atoms. The first-order chi connectivity index (χ1) is 20.0. The number of halogens is 2. The molecular formula is C30H35BrFN7O3. The van der Waals surface area contributed by atoms with E-state index in [1.54, 1.807) is 29.2 Å². The minimum absolute atomic E-state index is 0.0676. The Bertz CT molecular complexity index is 1600. The van der Waals surface area contributed by atoms with Gasteiger partial charge in [0, 0.05) is 49.5 Å². The number of piperidine rings is 1. The zero-order valence-electron chi connectivity index (χ0n) is 24.2. The summed E-state index contributed by atoms with van der Waals surface area (Å²) in [7, 11) is 0. The molecule has 1 amide bonds. The maximum atomic E-state index is 15.3. The van der Waals surface area contributed by atoms with Crippen LogP contribution >= 0.6 is 15.9 Å². The first-order valence-electron chi connectivity index (χ1n) is 13.9. The Kier molecular flexibility index (Phi) is 8.65. The van der Waals surface area contributed by atoms with E-state index >= 15 is 4.39 Å². The summed E-state index contributed by atoms with van der Waals surface area (Å²) in [5.74, 6) is 0.148. The molecule has 3 aromatic heterocycles. The summed E-state index contributed by atoms with van der Waals surface area (Å²) in [5.41, 5.74) is 8.48. The average molecular weight is 641 g/mol. The zero-order chi connectivity index (χ0) is 30.0. The van der Waals surface area contributed by atoms with Crippen molar-refractivity contribution in [2.75, 3.05) is 25.4 Å². The van der Waals surface area contributed by atoms with Crippen LogP contribution in [0, 0.1) is 12.7 Å². The first kappa shape index (κ1) is 29.7. The monoisotopic (exact) mass is 639 g/mol. The number of hydrogen-bond donors (Lipinski definition) is 2. The highest BCUT2D eigenvalue weighted by molar-refractivity contribution is 9.10. The molecule has 3 N–H and O–H groups in total. The average Bonchev–Trinajstić information content (AvgIpc) is 3.21. The van der Waals surface area contributed by atoms with Gasteiger partial charge in [-0.2, -0.15) is 0 Å². The molecule has 4 aromatic rings. The van der Waals surface area contributed by atoms with E-state index in [4.69, 9.17) is 15.2 Å². The van der Waals surface area contributed by atoms with Gasteiger partial charge >= 0.3 is 6.09 Å². The van der Waals surface area contributed by atoms with E-state index in [1.807, 2.05) is 38.3 Å². The number of nitrogens with zero attached hydrogens (tertiary/aromatic N) is 5. The van der Waals surface area contributed by atoms with Crippen molar-refractivity contribution in [1.29, 1.82) is 0 Å². The topological polar surface area (TPSA) is 120 Å². The summed E-state index contributed by atoms with van der Waals surface area (Å²) in [4.78, 5) is 27.3. The van der Waals surface area contributed by atoms with Crippen molar-refractivity contribution in [1.82, 2.24) is 29.7 Å². The molecule has 1 fully saturated rings. The third kappa shape index (κ3) is 6.65. The molecule has 1 aromatic carbocycles. The van der Waals surface area contributed by atoms with Crippen LogP contribution in [0.15, 0.2) is 47.3 Å². The van der Waals surface area contributed by atoms with Gasteiger partial charge in [0.15, 0.2) is 11.6 Å². The molecule has 222 valence electrons. The highest BCUT2D eigenvalue weighted by atomic mass is 79.9. The second kappa shape index (κ2) is 12.2. The van der Waals surface area contributed by atoms with E-state index in [9.17, 15) is 4.79 Å². The summed E-state index contributed by atoms with van der Waals surface area (Å²) in [5, 5.41) is 4.20. The van der Waals surface area contributed by atoms with Crippen molar-refractivity contribution in [3.8, 4) is 22.8 Å². The molecule has 4 heterocycles. The second-order valence-electron chi connectivity index (χ2n) is 11.4. The number of nitrogen functional groups attached to an aromatic ring is 1. The summed E-state index contributed by atoms with van der Waals surface area (Å²) in [6.07, 6.45) is 2.98. The normalized spacial score (nSPS) is 15.7. The van der Waals surface area contributed by atoms with Crippen molar-refractivity contribution in [2.45, 2.75) is 58.7 Å². The number of nitrogens with one attached hydrogen (secondary N) is 1. The van der Waals surface area contributed by atoms with Crippen LogP contribution in [0.1, 0.15) is 39.3 Å². The number of carbonyl (C=O) groups is 1. The second-order valence-corrected chi connectivity index (χ2v) is 12.1. The van der Waals surface area contributed by atoms with Crippen molar-refractivity contribution in [3.05, 3.63) is 58.8 Å². The molecule has 42 heavy (non-hydrogen) atoms. The van der Waals surface area contributed by atoms with Crippen LogP contribution in [0.5, 0.6) is 11.6 Å². The van der Waals surface area contributed by atoms with Gasteiger partial charge in [0.05, 0.1) is 9.99 Å². The third-order valence-electron chi connectivity index (χ3n) is 6.94. The molecule has 0 radical (unpaired) electrons. The van der Waals surface area contributed by atoms with Gasteiger partial charge in [0.2, 0.25) is 5.88 Å². The quantitative estimate of drug-likeness (QED) is 0.250. The minimum atomic E-state index is -0.535. The molecule has 1 saturated heterocycles. The van der Waals surface area contributed by atoms with Gasteiger partial charge in [-0.3, -0.25) is 0 Å². The molecule has 1 aliphatic heterocycles. The molecule has 10 nitrogen and oxygen atoms in total. The van der Waals surface area contributed by atoms with E-state index in [0.717, 1.165) is 18.5 Å². The Morgan fingerprint density at radius 2 is 2.05 bits per heavy atom. The number of benzene rings is 1. The Balaban J connectivity index is 1.34. The largest absolute Gasteiger partial charge is 0.444 e. The molecular weight excluding hydrogens is 605 g/mol. The van der Waals surface area contributed by atoms with Gasteiger partial charge in [-0.1, -0.05) is 12.1 Å². The number of fused-ring (bicyclic) bond motifs is 1. The van der Waals surface area contributed by atoms with Gasteiger partial charge in [0.25, 0.3) is 0 Å². The maximum Gasteiger partial charge on any atom is 0.410 e. The number of likely N-dealkylation sites (tertiary alicyclic amines) is 1. The number of nitrogens with two attached hydrogens (primary N) is 1. The molecule has 0 saturated carbocycles. The van der Waals surface area contributed by atoms with Crippen molar-refractivity contribution < 1.29 is 18.7 Å². The number of ether oxygens (including phenoxy) is 2. The van der Waals surface area contributed by atoms with Gasteiger partial charge in [-0.25, -0.2) is 24.1 Å². The first-order valence-corrected chi connectivity index (χ1v) is 14.7. The molecule has 0 aliphatic carbocycles. The lowest BCUT2D eigenvalue weighted by Crippen LogP contribution is -2.49. The summed E-state index contributed by atoms with van der Waals surface area (Å²) in [6.45, 7) is 9.88. The van der Waals surface area contributed by atoms with E-state index in [2.05, 4.69) is 36.2 Å². The fourth-order valence-electron chi connectivity index (χ4n) is 5.08. The molecule has 5 rings (SSSR count). The Morgan fingerprint density at radius 3 is 2.79 bits per heavy atom. The van der Waals surface area contributed by atoms with Crippen LogP contribution < -0.4 is 15.8 Å². The van der Waals surface area contributed by atoms with E-state index in [0.29, 0.717) is 64.6 Å². The summed E-state index contributed by atoms with van der Waals surface area (Å²) >= 11 is 3.73. The molecule has 1 unspecified atom stereocenters. The van der Waals surface area contributed by atoms with Crippen LogP contribution in [0.4, 0.5) is 15.0 Å². The minimum Gasteiger partial charge on any atom is -0.444 e. The lowest BCUT2D eigenvalue weighted by molar-refractivity contribution is 0.0187. The predicted molar refractivity (Wildman–Crippen MR) is 163 cm³/mol. The molecule has 1 atom stereocenters. The van der Waals surface area contributed by atoms with E-state index in [1.165, 1.54) is 12.4 Å². The fourth-order valence-corrected chi connectivity index (χ4v) is 5.85. The lowest BCUT2D eigenvalue weighted by Gasteiger charge is -2.34. The van der Waals surface area contributed by atoms with Crippen LogP contribution in [-0.4, -0.2) is 61.8 Å². The SMILES string of the molecule is Cc1cccc(Oc2ccc(-c3c(Br)n(CCNC4CCCN(C(=O)OC(C)(C)C)C4)c4ncnc(N)c34)cc2F)n1. The number of amides is 1. The highest BCUT2D eigenvalue weighted by Crippen LogP contribution is 2.41. The van der Waals surface area contributed by atoms with Crippen LogP contribution in [0.2, 0.25) is 0 Å². The Labute approximate surface area is 252 Å². The Morgan fingerprint density at radius 1 is 1.24 bits per heavy atom. The number of rotatable bonds is 7. The standard InChI is InChI=1S/C30H35BrFN7O3/c1-18-7-5-9-23(37-18)41-22-11-10-19(15-21(22)32)24-25-27(33)35-17-36-28(25)39(26(24)31)14-12-34-20-8-6-13-38(16-20)29(40)42-30(2,3)4/h5,7,9-11,15,17,20,34H,6,8,12-14,16H2,1-4H3,(H2,33,35,36). The molecule has 12 heteroatoms. The van der Waals surface area contributed by atoms with E-state index < -0.39 is 11.4 Å². The van der Waals surface area contributed by atoms with Crippen molar-refractivity contribution in [3.63, 3.8) is 0 Å². The van der Waals surface area contributed by atoms with Gasteiger partial charge in [-0.05, 0) is 80.2 Å². The number of carbonyl (C=O) groups excluding carboxylic acids is 1. The zero-order valence-corrected chi connectivity index (χ0v) is 25.7. The van der Waals surface area contributed by atoms with Gasteiger partial charge in [0.1, 0.15) is 23.4 Å². The highest BCUT2D eigenvalue weighted by Gasteiger charge is 2.28. The van der Waals surface area contributed by atoms with E-state index in [-0.39, 0.29) is 17.9 Å². The van der Waals surface area contributed by atoms with Crippen LogP contribution in [0.25, 0.3) is 22.2 Å². The smallest absolute Gasteiger partial charge is 0.410 e. The lowest BCUT2D eigenvalue weighted by atomic mass is 10.1. The number of aromatic nitrogens is 4. The van der Waals surface area contributed by atoms with Crippen LogP contribution in [-0.2, 0) is 11.3 Å². The number of pyridine rings is 1. The summed E-state index contributed by atoms with van der Waals surface area (Å²) in [6, 6.07) is 10.2. The third-order valence-corrected chi connectivity index (χ3v) is 7.77. The number of aryl methyl sites for hydroxylation is 1. The number of hydrogen-bond acceptors (Lipinski definition) is 8. The van der Waals surface area contributed by atoms with Gasteiger partial charge < -0.3 is 30.0 Å². The molecule has 1 aliphatic rings. The maximum absolute atomic E-state index is 15.3. The predicted octanol–water partition coefficient (Wildman–Crippen LogP) is 6.07. The van der Waals surface area contributed by atoms with Gasteiger partial charge in [-0.15, -0.1) is 0 Å². The fraction of sp³-hybridized carbons (Fsp3) is 0.400. The Hall–Kier alpha value is -3.77. The van der Waals surface area contributed by atoms with Crippen molar-refractivity contribution in [2.24, 2.45) is 0 Å². The summed E-state index contributed by atoms with van der Waals surface area (Å²) < 4.78 is 29.2. The molecule has 0 bridgehead atoms. The van der Waals surface area contributed by atoms with Crippen molar-refractivity contribution >= 4 is 38.9 Å². The van der Waals surface area contributed by atoms with Crippen LogP contribution in [0.3, 0.4) is 0 Å². The number of anilines is 1.